The van der Waals surface area contributed by atoms with E-state index in [1.807, 2.05) is 24.3 Å². The number of thiocarbonyl (C=S) groups is 1. The van der Waals surface area contributed by atoms with Crippen molar-refractivity contribution in [2.45, 2.75) is 64.7 Å². The van der Waals surface area contributed by atoms with Crippen molar-refractivity contribution in [3.63, 3.8) is 0 Å². The Labute approximate surface area is 173 Å². The molecule has 2 aromatic carbocycles. The quantitative estimate of drug-likeness (QED) is 0.124. The zero-order valence-corrected chi connectivity index (χ0v) is 17.5. The second-order valence-electron chi connectivity index (χ2n) is 7.01. The van der Waals surface area contributed by atoms with Crippen molar-refractivity contribution in [2.75, 3.05) is 0 Å². The molecule has 0 spiro atoms. The van der Waals surface area contributed by atoms with Gasteiger partial charge in [-0.05, 0) is 67.0 Å². The molecule has 0 atom stereocenters. The molecule has 0 heterocycles. The maximum atomic E-state index is 12.3. The molecule has 0 aliphatic heterocycles. The van der Waals surface area contributed by atoms with E-state index in [1.54, 1.807) is 24.3 Å². The summed E-state index contributed by atoms with van der Waals surface area (Å²) in [5.41, 5.74) is 2.51. The van der Waals surface area contributed by atoms with Gasteiger partial charge >= 0.3 is 5.97 Å². The topological polar surface area (TPSA) is 38.7 Å². The Morgan fingerprint density at radius 2 is 1.50 bits per heavy atom. The lowest BCUT2D eigenvalue weighted by Gasteiger charge is -2.06. The molecule has 0 amide bonds. The van der Waals surface area contributed by atoms with Crippen molar-refractivity contribution in [1.82, 2.24) is 0 Å². The third kappa shape index (κ3) is 8.16. The molecule has 0 radical (unpaired) electrons. The van der Waals surface area contributed by atoms with Gasteiger partial charge in [0.05, 0.1) is 16.4 Å². The highest BCUT2D eigenvalue weighted by molar-refractivity contribution is 7.78. The molecule has 0 saturated carbocycles. The van der Waals surface area contributed by atoms with Crippen molar-refractivity contribution >= 4 is 29.0 Å². The Hall–Kier alpha value is -2.29. The number of esters is 1. The molecule has 28 heavy (non-hydrogen) atoms. The molecule has 148 valence electrons. The second-order valence-corrected chi connectivity index (χ2v) is 7.19. The van der Waals surface area contributed by atoms with Crippen LogP contribution in [0.3, 0.4) is 0 Å². The third-order valence-corrected chi connectivity index (χ3v) is 4.82. The van der Waals surface area contributed by atoms with Crippen LogP contribution in [-0.2, 0) is 6.42 Å². The van der Waals surface area contributed by atoms with Gasteiger partial charge < -0.3 is 4.74 Å². The van der Waals surface area contributed by atoms with Crippen molar-refractivity contribution in [2.24, 2.45) is 4.99 Å². The number of nitrogens with zero attached hydrogens (tertiary/aromatic N) is 1. The van der Waals surface area contributed by atoms with Gasteiger partial charge in [-0.25, -0.2) is 4.79 Å². The zero-order valence-electron chi connectivity index (χ0n) is 16.7. The number of unbranched alkanes of at least 4 members (excludes halogenated alkanes) is 7. The second kappa shape index (κ2) is 13.0. The number of ether oxygens (including phenoxy) is 1. The first-order chi connectivity index (χ1) is 13.7. The lowest BCUT2D eigenvalue weighted by Crippen LogP contribution is -2.08. The van der Waals surface area contributed by atoms with E-state index in [2.05, 4.69) is 29.3 Å². The number of hydrogen-bond acceptors (Lipinski definition) is 4. The van der Waals surface area contributed by atoms with Crippen LogP contribution in [0, 0.1) is 0 Å². The van der Waals surface area contributed by atoms with Crippen LogP contribution in [0.2, 0.25) is 0 Å². The van der Waals surface area contributed by atoms with Crippen molar-refractivity contribution in [3.05, 3.63) is 59.7 Å². The summed E-state index contributed by atoms with van der Waals surface area (Å²) in [5, 5.41) is 2.31. The number of hydrogen-bond donors (Lipinski definition) is 0. The number of benzene rings is 2. The monoisotopic (exact) mass is 395 g/mol. The fraction of sp³-hybridized carbons (Fsp3) is 0.417. The van der Waals surface area contributed by atoms with E-state index in [1.165, 1.54) is 56.9 Å². The van der Waals surface area contributed by atoms with E-state index in [0.717, 1.165) is 6.42 Å². The molecule has 0 aromatic heterocycles. The maximum Gasteiger partial charge on any atom is 0.343 e. The van der Waals surface area contributed by atoms with Crippen LogP contribution in [0.4, 0.5) is 5.69 Å². The van der Waals surface area contributed by atoms with E-state index < -0.39 is 0 Å². The number of aliphatic imine (C=N–C) groups is 1. The van der Waals surface area contributed by atoms with Gasteiger partial charge in [-0.1, -0.05) is 64.0 Å². The summed E-state index contributed by atoms with van der Waals surface area (Å²) >= 11 is 4.57. The molecule has 0 saturated heterocycles. The minimum atomic E-state index is -0.357. The Bertz CT molecular complexity index is 762. The molecule has 4 heteroatoms. The van der Waals surface area contributed by atoms with Gasteiger partial charge in [0.1, 0.15) is 5.75 Å². The minimum absolute atomic E-state index is 0.357. The lowest BCUT2D eigenvalue weighted by molar-refractivity contribution is 0.0735. The van der Waals surface area contributed by atoms with Crippen LogP contribution in [-0.4, -0.2) is 11.1 Å². The van der Waals surface area contributed by atoms with Crippen LogP contribution >= 0.6 is 12.2 Å². The fourth-order valence-corrected chi connectivity index (χ4v) is 3.18. The number of carbonyl (C=O) groups is 1. The van der Waals surface area contributed by atoms with Gasteiger partial charge in [0, 0.05) is 0 Å². The highest BCUT2D eigenvalue weighted by Crippen LogP contribution is 2.19. The van der Waals surface area contributed by atoms with E-state index in [9.17, 15) is 4.79 Å². The summed E-state index contributed by atoms with van der Waals surface area (Å²) in [7, 11) is 0. The van der Waals surface area contributed by atoms with Crippen LogP contribution in [0.5, 0.6) is 5.75 Å². The van der Waals surface area contributed by atoms with Gasteiger partial charge in [-0.15, -0.1) is 0 Å². The molecule has 2 aromatic rings. The van der Waals surface area contributed by atoms with E-state index in [-0.39, 0.29) is 5.97 Å². The Morgan fingerprint density at radius 1 is 0.893 bits per heavy atom. The van der Waals surface area contributed by atoms with Crippen molar-refractivity contribution in [3.8, 4) is 5.75 Å². The van der Waals surface area contributed by atoms with Crippen molar-refractivity contribution in [1.29, 1.82) is 0 Å². The number of carbonyl (C=O) groups excluding carboxylic acids is 1. The summed E-state index contributed by atoms with van der Waals surface area (Å²) < 4.78 is 5.40. The summed E-state index contributed by atoms with van der Waals surface area (Å²) in [6.45, 7) is 2.25. The van der Waals surface area contributed by atoms with E-state index in [0.29, 0.717) is 17.0 Å². The van der Waals surface area contributed by atoms with Crippen LogP contribution < -0.4 is 4.74 Å². The van der Waals surface area contributed by atoms with Crippen LogP contribution in [0.25, 0.3) is 0 Å². The largest absolute Gasteiger partial charge is 0.423 e. The highest BCUT2D eigenvalue weighted by Gasteiger charge is 2.08. The first-order valence-corrected chi connectivity index (χ1v) is 10.6. The van der Waals surface area contributed by atoms with Gasteiger partial charge in [0.15, 0.2) is 0 Å². The molecular formula is C24H29NO2S. The van der Waals surface area contributed by atoms with Crippen molar-refractivity contribution < 1.29 is 9.53 Å². The number of aryl methyl sites for hydroxylation is 1. The third-order valence-electron chi connectivity index (χ3n) is 4.73. The normalized spacial score (nSPS) is 10.3. The molecule has 0 aliphatic carbocycles. The number of isothiocyanates is 1. The van der Waals surface area contributed by atoms with E-state index in [4.69, 9.17) is 4.74 Å². The maximum absolute atomic E-state index is 12.3. The molecule has 0 unspecified atom stereocenters. The molecular weight excluding hydrogens is 366 g/mol. The van der Waals surface area contributed by atoms with Crippen LogP contribution in [0.15, 0.2) is 53.5 Å². The highest BCUT2D eigenvalue weighted by atomic mass is 32.1. The number of rotatable bonds is 12. The predicted molar refractivity (Wildman–Crippen MR) is 119 cm³/mol. The lowest BCUT2D eigenvalue weighted by atomic mass is 10.0. The average Bonchev–Trinajstić information content (AvgIpc) is 2.72. The first kappa shape index (κ1) is 22.0. The molecule has 2 rings (SSSR count). The molecule has 3 nitrogen and oxygen atoms in total. The smallest absolute Gasteiger partial charge is 0.343 e. The zero-order chi connectivity index (χ0) is 20.0. The average molecular weight is 396 g/mol. The summed E-state index contributed by atoms with van der Waals surface area (Å²) in [4.78, 5) is 16.1. The fourth-order valence-electron chi connectivity index (χ4n) is 3.08. The summed E-state index contributed by atoms with van der Waals surface area (Å²) in [5.74, 6) is 0.126. The van der Waals surface area contributed by atoms with Gasteiger partial charge in [-0.2, -0.15) is 4.99 Å². The molecule has 0 fully saturated rings. The SMILES string of the molecule is CCCCCCCCCCc1ccc(C(=O)Oc2ccc(N=C=S)cc2)cc1. The molecule has 0 aliphatic rings. The summed E-state index contributed by atoms with van der Waals surface area (Å²) in [6, 6.07) is 14.6. The Balaban J connectivity index is 1.72. The summed E-state index contributed by atoms with van der Waals surface area (Å²) in [6.07, 6.45) is 11.6. The van der Waals surface area contributed by atoms with E-state index >= 15 is 0 Å². The van der Waals surface area contributed by atoms with Crippen LogP contribution in [0.1, 0.15) is 74.2 Å². The van der Waals surface area contributed by atoms with Gasteiger partial charge in [0.25, 0.3) is 0 Å². The Kier molecular flexibility index (Phi) is 10.2. The van der Waals surface area contributed by atoms with Gasteiger partial charge in [0.2, 0.25) is 0 Å². The Morgan fingerprint density at radius 3 is 2.11 bits per heavy atom. The minimum Gasteiger partial charge on any atom is -0.423 e. The molecule has 0 N–H and O–H groups in total. The molecule has 0 bridgehead atoms. The first-order valence-electron chi connectivity index (χ1n) is 10.2. The predicted octanol–water partition coefficient (Wildman–Crippen LogP) is 7.32. The standard InChI is InChI=1S/C24H29NO2S/c1-2-3-4-5-6-7-8-9-10-20-11-13-21(14-12-20)24(26)27-23-17-15-22(16-18-23)25-19-28/h11-18H,2-10H2,1H3. The van der Waals surface area contributed by atoms with Gasteiger partial charge in [-0.3, -0.25) is 0 Å².